The van der Waals surface area contributed by atoms with E-state index in [1.54, 1.807) is 23.5 Å². The van der Waals surface area contributed by atoms with Gasteiger partial charge in [0.05, 0.1) is 21.8 Å². The van der Waals surface area contributed by atoms with E-state index in [-0.39, 0.29) is 6.04 Å². The molecule has 0 amide bonds. The lowest BCUT2D eigenvalue weighted by atomic mass is 10.1. The summed E-state index contributed by atoms with van der Waals surface area (Å²) in [5, 5.41) is 7.28. The number of hydrogen-bond donors (Lipinski definition) is 1. The fourth-order valence-electron chi connectivity index (χ4n) is 2.15. The predicted molar refractivity (Wildman–Crippen MR) is 84.9 cm³/mol. The molecule has 1 saturated carbocycles. The minimum Gasteiger partial charge on any atom is -0.375 e. The molecule has 0 aliphatic heterocycles. The number of nitrogens with one attached hydrogen (secondary N) is 1. The molecule has 1 aromatic carbocycles. The third-order valence-corrected chi connectivity index (χ3v) is 5.02. The molecular formula is C14H12Cl3NS. The van der Waals surface area contributed by atoms with E-state index in [1.807, 2.05) is 0 Å². The molecule has 2 aromatic rings. The van der Waals surface area contributed by atoms with Crippen LogP contribution in [0.3, 0.4) is 0 Å². The second kappa shape index (κ2) is 5.53. The monoisotopic (exact) mass is 331 g/mol. The summed E-state index contributed by atoms with van der Waals surface area (Å²) in [6.45, 7) is 0. The second-order valence-electron chi connectivity index (χ2n) is 4.72. The van der Waals surface area contributed by atoms with Crippen LogP contribution < -0.4 is 5.32 Å². The Bertz CT molecular complexity index is 555. The molecule has 1 atom stereocenters. The third-order valence-electron chi connectivity index (χ3n) is 3.25. The fourth-order valence-corrected chi connectivity index (χ4v) is 3.95. The van der Waals surface area contributed by atoms with Crippen LogP contribution >= 0.6 is 46.1 Å². The van der Waals surface area contributed by atoms with Crippen molar-refractivity contribution in [1.82, 2.24) is 0 Å². The molecule has 1 fully saturated rings. The first-order chi connectivity index (χ1) is 9.15. The molecule has 1 nitrogen and oxygen atoms in total. The Hall–Kier alpha value is -0.410. The van der Waals surface area contributed by atoms with Crippen molar-refractivity contribution in [2.75, 3.05) is 5.32 Å². The van der Waals surface area contributed by atoms with Gasteiger partial charge in [-0.1, -0.05) is 40.9 Å². The molecule has 19 heavy (non-hydrogen) atoms. The van der Waals surface area contributed by atoms with Crippen LogP contribution in [0.4, 0.5) is 5.69 Å². The molecule has 3 rings (SSSR count). The lowest BCUT2D eigenvalue weighted by molar-refractivity contribution is 0.691. The molecule has 5 heteroatoms. The lowest BCUT2D eigenvalue weighted by Crippen LogP contribution is -2.12. The van der Waals surface area contributed by atoms with Crippen LogP contribution in [0.2, 0.25) is 15.1 Å². The Kier molecular flexibility index (Phi) is 3.95. The summed E-state index contributed by atoms with van der Waals surface area (Å²) in [6.07, 6.45) is 2.50. The summed E-state index contributed by atoms with van der Waals surface area (Å²) in [6, 6.07) is 7.95. The molecule has 1 unspecified atom stereocenters. The number of benzene rings is 1. The Morgan fingerprint density at radius 2 is 1.84 bits per heavy atom. The first-order valence-corrected chi connectivity index (χ1v) is 8.11. The summed E-state index contributed by atoms with van der Waals surface area (Å²) in [4.78, 5) is 1.32. The zero-order valence-electron chi connectivity index (χ0n) is 10.00. The number of hydrogen-bond acceptors (Lipinski definition) is 2. The standard InChI is InChI=1S/C14H12Cl3NS/c15-9-6-10(16)14(11(17)7-9)18-13(8-3-4-8)12-2-1-5-19-12/h1-2,5-8,13,18H,3-4H2. The van der Waals surface area contributed by atoms with Crippen molar-refractivity contribution in [2.45, 2.75) is 18.9 Å². The van der Waals surface area contributed by atoms with Crippen molar-refractivity contribution in [3.8, 4) is 0 Å². The van der Waals surface area contributed by atoms with Gasteiger partial charge in [-0.2, -0.15) is 0 Å². The number of thiophene rings is 1. The van der Waals surface area contributed by atoms with Crippen LogP contribution in [0.15, 0.2) is 29.6 Å². The number of rotatable bonds is 4. The molecule has 0 bridgehead atoms. The molecule has 0 spiro atoms. The maximum Gasteiger partial charge on any atom is 0.0725 e. The quantitative estimate of drug-likeness (QED) is 0.695. The highest BCUT2D eigenvalue weighted by atomic mass is 35.5. The summed E-state index contributed by atoms with van der Waals surface area (Å²) in [5.74, 6) is 0.668. The van der Waals surface area contributed by atoms with Gasteiger partial charge in [-0.05, 0) is 42.3 Å². The Balaban J connectivity index is 1.91. The largest absolute Gasteiger partial charge is 0.375 e. The fraction of sp³-hybridized carbons (Fsp3) is 0.286. The maximum atomic E-state index is 6.24. The topological polar surface area (TPSA) is 12.0 Å². The van der Waals surface area contributed by atoms with E-state index in [0.717, 1.165) is 5.69 Å². The SMILES string of the molecule is Clc1cc(Cl)c(NC(c2cccs2)C2CC2)c(Cl)c1. The molecule has 1 aromatic heterocycles. The zero-order chi connectivity index (χ0) is 13.4. The minimum atomic E-state index is 0.288. The van der Waals surface area contributed by atoms with Gasteiger partial charge in [0.2, 0.25) is 0 Å². The predicted octanol–water partition coefficient (Wildman–Crippen LogP) is 6.27. The summed E-state index contributed by atoms with van der Waals surface area (Å²) in [5.41, 5.74) is 0.776. The molecule has 0 radical (unpaired) electrons. The van der Waals surface area contributed by atoms with Gasteiger partial charge >= 0.3 is 0 Å². The van der Waals surface area contributed by atoms with Crippen molar-refractivity contribution in [3.63, 3.8) is 0 Å². The van der Waals surface area contributed by atoms with Gasteiger partial charge in [-0.15, -0.1) is 11.3 Å². The minimum absolute atomic E-state index is 0.288. The van der Waals surface area contributed by atoms with Crippen molar-refractivity contribution in [3.05, 3.63) is 49.6 Å². The summed E-state index contributed by atoms with van der Waals surface area (Å²) >= 11 is 20.2. The van der Waals surface area contributed by atoms with E-state index in [1.165, 1.54) is 17.7 Å². The smallest absolute Gasteiger partial charge is 0.0725 e. The van der Waals surface area contributed by atoms with E-state index in [4.69, 9.17) is 34.8 Å². The first-order valence-electron chi connectivity index (χ1n) is 6.09. The van der Waals surface area contributed by atoms with E-state index in [9.17, 15) is 0 Å². The average Bonchev–Trinajstić information content (AvgIpc) is 3.03. The molecule has 1 heterocycles. The van der Waals surface area contributed by atoms with Gasteiger partial charge in [0.1, 0.15) is 0 Å². The highest BCUT2D eigenvalue weighted by Gasteiger charge is 2.33. The van der Waals surface area contributed by atoms with Crippen LogP contribution in [0.25, 0.3) is 0 Å². The van der Waals surface area contributed by atoms with Crippen LogP contribution in [0.5, 0.6) is 0 Å². The molecule has 1 aliphatic carbocycles. The van der Waals surface area contributed by atoms with E-state index in [0.29, 0.717) is 21.0 Å². The number of halogens is 3. The molecular weight excluding hydrogens is 321 g/mol. The summed E-state index contributed by atoms with van der Waals surface area (Å²) in [7, 11) is 0. The van der Waals surface area contributed by atoms with Crippen molar-refractivity contribution >= 4 is 51.8 Å². The van der Waals surface area contributed by atoms with Crippen LogP contribution in [0, 0.1) is 5.92 Å². The molecule has 1 N–H and O–H groups in total. The van der Waals surface area contributed by atoms with E-state index >= 15 is 0 Å². The van der Waals surface area contributed by atoms with Gasteiger partial charge in [0, 0.05) is 9.90 Å². The van der Waals surface area contributed by atoms with Gasteiger partial charge < -0.3 is 5.32 Å². The molecule has 100 valence electrons. The van der Waals surface area contributed by atoms with Gasteiger partial charge in [0.15, 0.2) is 0 Å². The van der Waals surface area contributed by atoms with Crippen molar-refractivity contribution in [2.24, 2.45) is 5.92 Å². The Morgan fingerprint density at radius 1 is 1.16 bits per heavy atom. The van der Waals surface area contributed by atoms with Gasteiger partial charge in [-0.3, -0.25) is 0 Å². The van der Waals surface area contributed by atoms with Crippen molar-refractivity contribution < 1.29 is 0 Å². The van der Waals surface area contributed by atoms with Crippen LogP contribution in [-0.4, -0.2) is 0 Å². The summed E-state index contributed by atoms with van der Waals surface area (Å²) < 4.78 is 0. The average molecular weight is 333 g/mol. The molecule has 1 aliphatic rings. The highest BCUT2D eigenvalue weighted by Crippen LogP contribution is 2.46. The van der Waals surface area contributed by atoms with Crippen molar-refractivity contribution in [1.29, 1.82) is 0 Å². The van der Waals surface area contributed by atoms with E-state index < -0.39 is 0 Å². The normalized spacial score (nSPS) is 16.4. The van der Waals surface area contributed by atoms with E-state index in [2.05, 4.69) is 22.8 Å². The third kappa shape index (κ3) is 3.03. The Morgan fingerprint density at radius 3 is 2.37 bits per heavy atom. The van der Waals surface area contributed by atoms with Crippen LogP contribution in [0.1, 0.15) is 23.8 Å². The second-order valence-corrected chi connectivity index (χ2v) is 6.95. The lowest BCUT2D eigenvalue weighted by Gasteiger charge is -2.20. The van der Waals surface area contributed by atoms with Gasteiger partial charge in [0.25, 0.3) is 0 Å². The zero-order valence-corrected chi connectivity index (χ0v) is 13.1. The molecule has 0 saturated heterocycles. The first kappa shape index (κ1) is 13.6. The van der Waals surface area contributed by atoms with Crippen LogP contribution in [-0.2, 0) is 0 Å². The number of anilines is 1. The maximum absolute atomic E-state index is 6.24. The highest BCUT2D eigenvalue weighted by molar-refractivity contribution is 7.10. The van der Waals surface area contributed by atoms with Gasteiger partial charge in [-0.25, -0.2) is 0 Å². The Labute approximate surface area is 131 Å².